The van der Waals surface area contributed by atoms with Crippen molar-refractivity contribution in [1.29, 1.82) is 0 Å². The molecule has 0 spiro atoms. The lowest BCUT2D eigenvalue weighted by atomic mass is 9.93. The van der Waals surface area contributed by atoms with E-state index < -0.39 is 0 Å². The van der Waals surface area contributed by atoms with Crippen LogP contribution in [0.2, 0.25) is 0 Å². The number of hydrogen-bond donors (Lipinski definition) is 1. The molecule has 4 nitrogen and oxygen atoms in total. The monoisotopic (exact) mass is 1020 g/mol. The summed E-state index contributed by atoms with van der Waals surface area (Å²) in [4.78, 5) is 0. The van der Waals surface area contributed by atoms with E-state index in [4.69, 9.17) is 32.8 Å². The number of terminal acetylenes is 2. The van der Waals surface area contributed by atoms with Crippen molar-refractivity contribution in [2.45, 2.75) is 26.5 Å². The Bertz CT molecular complexity index is 4300. The average Bonchev–Trinajstić information content (AvgIpc) is 3.40. The van der Waals surface area contributed by atoms with E-state index in [0.717, 1.165) is 27.5 Å². The van der Waals surface area contributed by atoms with Crippen molar-refractivity contribution in [2.75, 3.05) is 0 Å². The van der Waals surface area contributed by atoms with E-state index in [1.165, 1.54) is 5.56 Å². The van der Waals surface area contributed by atoms with E-state index in [1.807, 2.05) is 30.3 Å². The van der Waals surface area contributed by atoms with Crippen molar-refractivity contribution < 1.29 is 77.0 Å². The molecule has 4 rings (SSSR count). The van der Waals surface area contributed by atoms with Gasteiger partial charge in [0.05, 0.1) is 6.04 Å². The van der Waals surface area contributed by atoms with Gasteiger partial charge in [-0.2, -0.15) is 0 Å². The second-order valence-electron chi connectivity index (χ2n) is 13.2. The number of nitrogens with two attached hydrogens (primary N) is 1. The average molecular weight is 1020 g/mol. The van der Waals surface area contributed by atoms with Crippen molar-refractivity contribution in [2.24, 2.45) is 5.73 Å². The van der Waals surface area contributed by atoms with Crippen LogP contribution in [0.4, 0.5) is 0 Å². The molecule has 1 unspecified atom stereocenters. The Hall–Kier alpha value is -13.2. The van der Waals surface area contributed by atoms with Crippen LogP contribution in [0.3, 0.4) is 0 Å². The molecule has 0 aliphatic carbocycles. The van der Waals surface area contributed by atoms with Gasteiger partial charge in [-0.3, -0.25) is 0 Å². The predicted octanol–water partition coefficient (Wildman–Crippen LogP) is 16.9. The maximum Gasteiger partial charge on any atom is 0.144 e. The molecule has 74 heavy (non-hydrogen) atoms. The van der Waals surface area contributed by atoms with E-state index in [1.54, 1.807) is 18.2 Å². The highest BCUT2D eigenvalue weighted by Gasteiger charge is 2.13. The van der Waals surface area contributed by atoms with Crippen molar-refractivity contribution in [3.63, 3.8) is 0 Å². The van der Waals surface area contributed by atoms with Crippen LogP contribution in [0.5, 0.6) is 17.2 Å². The van der Waals surface area contributed by atoms with Crippen LogP contribution < -0.4 is 19.9 Å². The van der Waals surface area contributed by atoms with Crippen molar-refractivity contribution in [3.05, 3.63) is 101 Å². The van der Waals surface area contributed by atoms with Gasteiger partial charge in [-0.05, 0) is 172 Å². The summed E-state index contributed by atoms with van der Waals surface area (Å²) in [7, 11) is 0. The van der Waals surface area contributed by atoms with Crippen LogP contribution in [0, 0.1) is 276 Å². The summed E-state index contributed by atoms with van der Waals surface area (Å²) >= 11 is 0. The first-order chi connectivity index (χ1) is 36.5. The minimum atomic E-state index is -0.256. The highest BCUT2D eigenvalue weighted by molar-refractivity contribution is 5.85. The van der Waals surface area contributed by atoms with Gasteiger partial charge < -0.3 is 19.9 Å². The van der Waals surface area contributed by atoms with Gasteiger partial charge in [-0.25, -0.2) is 0 Å². The van der Waals surface area contributed by atoms with Crippen LogP contribution >= 0.6 is 0 Å². The van der Waals surface area contributed by atoms with Crippen LogP contribution in [-0.2, 0) is 6.61 Å². The first-order valence-corrected chi connectivity index (χ1v) is 20.8. The summed E-state index contributed by atoms with van der Waals surface area (Å²) in [5.74, 6) is 101. The van der Waals surface area contributed by atoms with Crippen LogP contribution in [-0.4, -0.2) is 0 Å². The van der Waals surface area contributed by atoms with Gasteiger partial charge in [-0.1, -0.05) is 42.0 Å². The first-order valence-electron chi connectivity index (χ1n) is 20.8. The third-order valence-electron chi connectivity index (χ3n) is 8.13. The largest absolute Gasteiger partial charge is 0.489 e. The SMILES string of the molecule is C#CC#CC#CC#CC#CC#CC#CC#CC#CC#CC#COc1cc(COc2ccc3cc(C(N)c4ccc(C)cc4C)ccc3c2)cc(OC#CC#CC#CC#CC#CC#CC#CC#CC#CC#CC#C)c1.[HH].[HH].[HH].[HH].[HH].[HH].[HH].[HH].[HH].[HH].[HH].[HH].[HH].[HH].[HH].[HH].[HH].[HH].[HH].[HH].[HH].[HH].[HH].[HH].[HH].[HH].[HH].[HH].[HH].[HH].[HH].[HH].[HH].[HH].[HH].[HH].[HH].[HH].[HH].[HH].[HH].[HH].[HH].[HH]. The van der Waals surface area contributed by atoms with Crippen LogP contribution in [0.25, 0.3) is 10.8 Å². The summed E-state index contributed by atoms with van der Waals surface area (Å²) in [6.45, 7) is 4.31. The zero-order valence-corrected chi connectivity index (χ0v) is 39.2. The van der Waals surface area contributed by atoms with Crippen LogP contribution in [0.15, 0.2) is 72.8 Å². The highest BCUT2D eigenvalue weighted by atomic mass is 16.5. The molecule has 0 saturated carbocycles. The van der Waals surface area contributed by atoms with Gasteiger partial charge in [0.1, 0.15) is 36.1 Å². The van der Waals surface area contributed by atoms with Gasteiger partial charge in [0.2, 0.25) is 0 Å². The van der Waals surface area contributed by atoms with Crippen LogP contribution in [0.1, 0.15) is 96.6 Å². The molecule has 0 heterocycles. The van der Waals surface area contributed by atoms with Crippen molar-refractivity contribution >= 4 is 10.8 Å². The molecule has 416 valence electrons. The third-order valence-corrected chi connectivity index (χ3v) is 8.13. The second kappa shape index (κ2) is 34.2. The van der Waals surface area contributed by atoms with E-state index in [2.05, 4.69) is 287 Å². The van der Waals surface area contributed by atoms with Gasteiger partial charge in [0.15, 0.2) is 0 Å². The molecule has 4 aromatic rings. The summed E-state index contributed by atoms with van der Waals surface area (Å²) in [5.41, 5.74) is 11.9. The molecule has 0 amide bonds. The normalized spacial score (nSPS) is 7.36. The highest BCUT2D eigenvalue weighted by Crippen LogP contribution is 2.29. The fraction of sp³-hybridized carbons (Fsp3) is 0.0571. The summed E-state index contributed by atoms with van der Waals surface area (Å²) in [5, 5.41) is 2.03. The van der Waals surface area contributed by atoms with E-state index in [0.29, 0.717) is 22.8 Å². The maximum atomic E-state index is 6.71. The molecule has 1 atom stereocenters. The Morgan fingerprint density at radius 3 is 1.15 bits per heavy atom. The number of rotatable bonds is 7. The maximum absolute atomic E-state index is 6.71. The Balaban J connectivity index is -0.0000000346. The summed E-state index contributed by atoms with van der Waals surface area (Å²) in [6, 6.07) is 23.2. The lowest BCUT2D eigenvalue weighted by Gasteiger charge is -2.17. The smallest absolute Gasteiger partial charge is 0.144 e. The fourth-order valence-corrected chi connectivity index (χ4v) is 5.23. The van der Waals surface area contributed by atoms with Gasteiger partial charge in [0.25, 0.3) is 0 Å². The number of aryl methyl sites for hydroxylation is 2. The molecule has 0 aliphatic rings. The third kappa shape index (κ3) is 22.8. The quantitative estimate of drug-likeness (QED) is 0.187. The van der Waals surface area contributed by atoms with E-state index in [9.17, 15) is 0 Å². The summed E-state index contributed by atoms with van der Waals surface area (Å²) in [6.07, 6.45) is 15.1. The van der Waals surface area contributed by atoms with E-state index in [-0.39, 0.29) is 75.4 Å². The lowest BCUT2D eigenvalue weighted by molar-refractivity contribution is 0.305. The standard InChI is InChI=1S/C70H25NO3.44H2/c1-5-7-9-11-13-15-17-19-21-23-25-27-29-31-33-35-37-39-41-43-51-72-67-54-62(59-74-66-49-48-63-56-65(47-46-64(63)57-66)70(71)69-50-45-60(3)53-61(69)4)55-68(58-67)73-52-44-42-40-38-36-34-32-30-28-26-24-22-20-18-16-14-12-10-8-6-2;;;;;;;;;;;;;;;;;;;;;;;;;;;;;;;;;;;;;;;;;;;;/h1-2,45-50,53-58,70H,59,71H2,3-4H3;44*1H. The zero-order valence-electron chi connectivity index (χ0n) is 39.2. The minimum Gasteiger partial charge on any atom is -0.489 e. The Labute approximate surface area is 500 Å². The topological polar surface area (TPSA) is 53.7 Å². The number of ether oxygens (including phenoxy) is 3. The molecular formula is C70H113NO3. The molecule has 0 bridgehead atoms. The molecule has 0 aliphatic heterocycles. The Morgan fingerprint density at radius 1 is 0.392 bits per heavy atom. The number of hydrogen-bond acceptors (Lipinski definition) is 4. The van der Waals surface area contributed by atoms with Crippen molar-refractivity contribution in [3.8, 4) is 279 Å². The second-order valence-corrected chi connectivity index (χ2v) is 13.2. The first kappa shape index (κ1) is 53.4. The molecular weight excluding hydrogens is 903 g/mol. The molecule has 0 saturated heterocycles. The van der Waals surface area contributed by atoms with E-state index >= 15 is 0 Å². The molecule has 0 fully saturated rings. The number of benzene rings is 4. The molecule has 4 aromatic carbocycles. The molecule has 0 radical (unpaired) electrons. The van der Waals surface area contributed by atoms with Crippen molar-refractivity contribution in [1.82, 2.24) is 0 Å². The molecule has 0 aromatic heterocycles. The van der Waals surface area contributed by atoms with Gasteiger partial charge in [-0.15, -0.1) is 12.8 Å². The fourth-order valence-electron chi connectivity index (χ4n) is 5.23. The molecule has 2 N–H and O–H groups in total. The Morgan fingerprint density at radius 2 is 0.757 bits per heavy atom. The Kier molecular flexibility index (Phi) is 24.7. The zero-order chi connectivity index (χ0) is 52.4. The number of fused-ring (bicyclic) bond motifs is 1. The van der Waals surface area contributed by atoms with Gasteiger partial charge >= 0.3 is 0 Å². The predicted molar refractivity (Wildman–Crippen MR) is 384 cm³/mol. The lowest BCUT2D eigenvalue weighted by Crippen LogP contribution is -2.13. The van der Waals surface area contributed by atoms with Gasteiger partial charge in [0, 0.05) is 211 Å². The summed E-state index contributed by atoms with van der Waals surface area (Å²) < 4.78 is 17.5. The minimum absolute atomic E-state index is 0. The molecule has 4 heteroatoms.